The Labute approximate surface area is 86.2 Å². The highest BCUT2D eigenvalue weighted by Crippen LogP contribution is 2.17. The van der Waals surface area contributed by atoms with Crippen LogP contribution in [0.4, 0.5) is 5.82 Å². The van der Waals surface area contributed by atoms with Crippen LogP contribution in [0.5, 0.6) is 0 Å². The molecule has 2 aromatic heterocycles. The molecule has 0 unspecified atom stereocenters. The first kappa shape index (κ1) is 9.51. The molecule has 0 bridgehead atoms. The Morgan fingerprint density at radius 1 is 1.60 bits per heavy atom. The largest absolute Gasteiger partial charge is 0.481 e. The van der Waals surface area contributed by atoms with E-state index >= 15 is 0 Å². The summed E-state index contributed by atoms with van der Waals surface area (Å²) in [5.41, 5.74) is 7.86. The number of carbonyl (C=O) groups is 1. The van der Waals surface area contributed by atoms with Gasteiger partial charge in [0.1, 0.15) is 11.5 Å². The van der Waals surface area contributed by atoms with E-state index in [1.807, 2.05) is 19.1 Å². The molecule has 3 N–H and O–H groups in total. The number of nitrogen functional groups attached to an aromatic ring is 1. The fourth-order valence-corrected chi connectivity index (χ4v) is 1.60. The number of carboxylic acid groups (broad SMARTS) is 1. The lowest BCUT2D eigenvalue weighted by molar-refractivity contribution is -0.136. The molecule has 0 atom stereocenters. The Morgan fingerprint density at radius 2 is 2.33 bits per heavy atom. The molecular formula is C10H11N3O2. The van der Waals surface area contributed by atoms with Gasteiger partial charge in [-0.1, -0.05) is 6.07 Å². The van der Waals surface area contributed by atoms with Crippen LogP contribution in [0.3, 0.4) is 0 Å². The van der Waals surface area contributed by atoms with Gasteiger partial charge in [0.15, 0.2) is 0 Å². The number of hydrogen-bond acceptors (Lipinski definition) is 3. The van der Waals surface area contributed by atoms with Gasteiger partial charge in [-0.3, -0.25) is 9.20 Å². The van der Waals surface area contributed by atoms with E-state index in [1.54, 1.807) is 10.5 Å². The quantitative estimate of drug-likeness (QED) is 0.761. The van der Waals surface area contributed by atoms with Gasteiger partial charge in [0.2, 0.25) is 0 Å². The molecule has 0 amide bonds. The molecule has 15 heavy (non-hydrogen) atoms. The van der Waals surface area contributed by atoms with Crippen molar-refractivity contribution in [3.8, 4) is 0 Å². The lowest BCUT2D eigenvalue weighted by Gasteiger charge is -2.00. The molecule has 5 heteroatoms. The molecule has 0 fully saturated rings. The van der Waals surface area contributed by atoms with Crippen LogP contribution in [0.15, 0.2) is 18.2 Å². The van der Waals surface area contributed by atoms with Crippen LogP contribution in [-0.2, 0) is 11.2 Å². The summed E-state index contributed by atoms with van der Waals surface area (Å²) >= 11 is 0. The van der Waals surface area contributed by atoms with Crippen LogP contribution >= 0.6 is 0 Å². The summed E-state index contributed by atoms with van der Waals surface area (Å²) in [4.78, 5) is 14.7. The van der Waals surface area contributed by atoms with E-state index in [4.69, 9.17) is 10.8 Å². The number of nitrogens with zero attached hydrogens (tertiary/aromatic N) is 2. The lowest BCUT2D eigenvalue weighted by Crippen LogP contribution is -2.04. The van der Waals surface area contributed by atoms with Gasteiger partial charge in [-0.05, 0) is 19.1 Å². The van der Waals surface area contributed by atoms with Gasteiger partial charge in [-0.15, -0.1) is 0 Å². The number of nitrogens with two attached hydrogens (primary N) is 1. The number of hydrogen-bond donors (Lipinski definition) is 2. The lowest BCUT2D eigenvalue weighted by atomic mass is 10.3. The summed E-state index contributed by atoms with van der Waals surface area (Å²) in [6.07, 6.45) is -0.146. The highest BCUT2D eigenvalue weighted by molar-refractivity contribution is 5.72. The minimum Gasteiger partial charge on any atom is -0.481 e. The van der Waals surface area contributed by atoms with Gasteiger partial charge in [-0.25, -0.2) is 4.98 Å². The first-order chi connectivity index (χ1) is 7.09. The van der Waals surface area contributed by atoms with Crippen LogP contribution in [0.1, 0.15) is 11.4 Å². The van der Waals surface area contributed by atoms with Gasteiger partial charge >= 0.3 is 5.97 Å². The zero-order valence-corrected chi connectivity index (χ0v) is 8.27. The summed E-state index contributed by atoms with van der Waals surface area (Å²) in [6.45, 7) is 1.90. The van der Waals surface area contributed by atoms with Crippen molar-refractivity contribution in [3.63, 3.8) is 0 Å². The summed E-state index contributed by atoms with van der Waals surface area (Å²) in [6, 6.07) is 5.56. The number of fused-ring (bicyclic) bond motifs is 1. The Hall–Kier alpha value is -2.04. The Balaban J connectivity index is 2.64. The third kappa shape index (κ3) is 1.52. The standard InChI is InChI=1S/C10H11N3O2/c1-6-3-2-4-8-12-7(5-9(14)15)10(11)13(6)8/h2-4H,5,11H2,1H3,(H,14,15). The molecule has 0 spiro atoms. The highest BCUT2D eigenvalue weighted by atomic mass is 16.4. The summed E-state index contributed by atoms with van der Waals surface area (Å²) < 4.78 is 1.75. The number of imidazole rings is 1. The third-order valence-corrected chi connectivity index (χ3v) is 2.27. The van der Waals surface area contributed by atoms with Crippen LogP contribution in [0, 0.1) is 6.92 Å². The molecular weight excluding hydrogens is 194 g/mol. The fraction of sp³-hybridized carbons (Fsp3) is 0.200. The number of carboxylic acids is 1. The van der Waals surface area contributed by atoms with Crippen LogP contribution in [0.25, 0.3) is 5.65 Å². The SMILES string of the molecule is Cc1cccc2nc(CC(=O)O)c(N)n12. The summed E-state index contributed by atoms with van der Waals surface area (Å²) in [5, 5.41) is 8.68. The van der Waals surface area contributed by atoms with E-state index < -0.39 is 5.97 Å². The Kier molecular flexibility index (Phi) is 2.07. The average Bonchev–Trinajstić information content (AvgIpc) is 2.44. The maximum atomic E-state index is 10.6. The van der Waals surface area contributed by atoms with E-state index in [-0.39, 0.29) is 6.42 Å². The van der Waals surface area contributed by atoms with Crippen LogP contribution < -0.4 is 5.73 Å². The number of aliphatic carboxylic acids is 1. The summed E-state index contributed by atoms with van der Waals surface area (Å²) in [5.74, 6) is -0.520. The average molecular weight is 205 g/mol. The van der Waals surface area contributed by atoms with E-state index in [1.165, 1.54) is 0 Å². The highest BCUT2D eigenvalue weighted by Gasteiger charge is 2.12. The number of anilines is 1. The minimum atomic E-state index is -0.928. The van der Waals surface area contributed by atoms with Gasteiger partial charge < -0.3 is 10.8 Å². The van der Waals surface area contributed by atoms with Crippen LogP contribution in [0.2, 0.25) is 0 Å². The van der Waals surface area contributed by atoms with E-state index in [2.05, 4.69) is 4.98 Å². The predicted octanol–water partition coefficient (Wildman–Crippen LogP) is 0.852. The van der Waals surface area contributed by atoms with Crippen molar-refractivity contribution in [2.45, 2.75) is 13.3 Å². The van der Waals surface area contributed by atoms with Gasteiger partial charge in [0, 0.05) is 5.69 Å². The predicted molar refractivity (Wildman–Crippen MR) is 55.7 cm³/mol. The topological polar surface area (TPSA) is 80.6 Å². The molecule has 5 nitrogen and oxygen atoms in total. The van der Waals surface area contributed by atoms with E-state index in [0.717, 1.165) is 5.69 Å². The Morgan fingerprint density at radius 3 is 2.93 bits per heavy atom. The van der Waals surface area contributed by atoms with Gasteiger partial charge in [0.05, 0.1) is 12.1 Å². The maximum absolute atomic E-state index is 10.6. The smallest absolute Gasteiger partial charge is 0.309 e. The molecule has 0 saturated heterocycles. The minimum absolute atomic E-state index is 0.146. The second kappa shape index (κ2) is 3.27. The molecule has 0 saturated carbocycles. The molecule has 0 aliphatic heterocycles. The van der Waals surface area contributed by atoms with E-state index in [9.17, 15) is 4.79 Å². The number of rotatable bonds is 2. The van der Waals surface area contributed by atoms with Crippen molar-refractivity contribution in [3.05, 3.63) is 29.6 Å². The van der Waals surface area contributed by atoms with Crippen molar-refractivity contribution in [1.82, 2.24) is 9.38 Å². The van der Waals surface area contributed by atoms with E-state index in [0.29, 0.717) is 17.2 Å². The first-order valence-electron chi connectivity index (χ1n) is 4.54. The molecule has 0 aliphatic rings. The van der Waals surface area contributed by atoms with Crippen molar-refractivity contribution < 1.29 is 9.90 Å². The number of pyridine rings is 1. The molecule has 0 aliphatic carbocycles. The molecule has 2 aromatic rings. The third-order valence-electron chi connectivity index (χ3n) is 2.27. The number of aromatic nitrogens is 2. The second-order valence-corrected chi connectivity index (χ2v) is 3.38. The maximum Gasteiger partial charge on any atom is 0.309 e. The van der Waals surface area contributed by atoms with Crippen molar-refractivity contribution in [2.24, 2.45) is 0 Å². The molecule has 0 aromatic carbocycles. The zero-order valence-electron chi connectivity index (χ0n) is 8.27. The van der Waals surface area contributed by atoms with Gasteiger partial charge in [-0.2, -0.15) is 0 Å². The zero-order chi connectivity index (χ0) is 11.0. The molecule has 2 rings (SSSR count). The Bertz CT molecular complexity index is 531. The molecule has 2 heterocycles. The van der Waals surface area contributed by atoms with Crippen molar-refractivity contribution >= 4 is 17.4 Å². The fourth-order valence-electron chi connectivity index (χ4n) is 1.60. The van der Waals surface area contributed by atoms with Crippen molar-refractivity contribution in [2.75, 3.05) is 5.73 Å². The second-order valence-electron chi connectivity index (χ2n) is 3.38. The summed E-state index contributed by atoms with van der Waals surface area (Å²) in [7, 11) is 0. The number of aryl methyl sites for hydroxylation is 1. The first-order valence-corrected chi connectivity index (χ1v) is 4.54. The van der Waals surface area contributed by atoms with Crippen LogP contribution in [-0.4, -0.2) is 20.5 Å². The van der Waals surface area contributed by atoms with Crippen molar-refractivity contribution in [1.29, 1.82) is 0 Å². The molecule has 78 valence electrons. The normalized spacial score (nSPS) is 10.7. The molecule has 0 radical (unpaired) electrons. The monoisotopic (exact) mass is 205 g/mol. The van der Waals surface area contributed by atoms with Gasteiger partial charge in [0.25, 0.3) is 0 Å².